The van der Waals surface area contributed by atoms with E-state index in [9.17, 15) is 9.59 Å². The molecule has 0 saturated carbocycles. The molecule has 0 fully saturated rings. The van der Waals surface area contributed by atoms with E-state index in [2.05, 4.69) is 5.10 Å². The van der Waals surface area contributed by atoms with Crippen molar-refractivity contribution in [2.24, 2.45) is 0 Å². The molecule has 2 rings (SSSR count). The minimum Gasteiger partial charge on any atom is -0.490 e. The van der Waals surface area contributed by atoms with Crippen molar-refractivity contribution in [2.75, 3.05) is 19.7 Å². The van der Waals surface area contributed by atoms with Crippen molar-refractivity contribution < 1.29 is 14.6 Å². The summed E-state index contributed by atoms with van der Waals surface area (Å²) in [5.74, 6) is 0.334. The lowest BCUT2D eigenvalue weighted by atomic mass is 10.2. The van der Waals surface area contributed by atoms with Crippen LogP contribution in [0.15, 0.2) is 47.4 Å². The standard InChI is InChI=1S/C16H19N3O4/c1-2-18(16(21)22)8-9-23-14-10-15(20)19(17-11-14)12-13-6-4-3-5-7-13/h3-7,10-11H,2,8-9,12H2,1H3,(H,21,22). The molecule has 0 bridgehead atoms. The third-order valence-electron chi connectivity index (χ3n) is 3.30. The van der Waals surface area contributed by atoms with Gasteiger partial charge in [0.05, 0.1) is 19.3 Å². The van der Waals surface area contributed by atoms with Gasteiger partial charge in [-0.05, 0) is 12.5 Å². The van der Waals surface area contributed by atoms with E-state index < -0.39 is 6.09 Å². The fourth-order valence-corrected chi connectivity index (χ4v) is 2.03. The van der Waals surface area contributed by atoms with Gasteiger partial charge < -0.3 is 14.7 Å². The highest BCUT2D eigenvalue weighted by molar-refractivity contribution is 5.64. The molecule has 0 unspecified atom stereocenters. The molecule has 0 saturated heterocycles. The Labute approximate surface area is 133 Å². The first-order valence-corrected chi connectivity index (χ1v) is 7.32. The lowest BCUT2D eigenvalue weighted by Crippen LogP contribution is -2.33. The van der Waals surface area contributed by atoms with Gasteiger partial charge >= 0.3 is 6.09 Å². The summed E-state index contributed by atoms with van der Waals surface area (Å²) in [6, 6.07) is 10.9. The maximum Gasteiger partial charge on any atom is 0.407 e. The smallest absolute Gasteiger partial charge is 0.407 e. The molecule has 7 nitrogen and oxygen atoms in total. The highest BCUT2D eigenvalue weighted by Crippen LogP contribution is 2.05. The van der Waals surface area contributed by atoms with Crippen LogP contribution in [0.1, 0.15) is 12.5 Å². The lowest BCUT2D eigenvalue weighted by Gasteiger charge is -2.16. The first-order chi connectivity index (χ1) is 11.1. The Morgan fingerprint density at radius 2 is 2.09 bits per heavy atom. The largest absolute Gasteiger partial charge is 0.490 e. The molecule has 1 amide bonds. The Balaban J connectivity index is 1.94. The van der Waals surface area contributed by atoms with Gasteiger partial charge in [-0.25, -0.2) is 9.48 Å². The molecule has 0 atom stereocenters. The maximum atomic E-state index is 12.0. The SMILES string of the molecule is CCN(CCOc1cnn(Cc2ccccc2)c(=O)c1)C(=O)O. The summed E-state index contributed by atoms with van der Waals surface area (Å²) >= 11 is 0. The van der Waals surface area contributed by atoms with Gasteiger partial charge in [0.1, 0.15) is 12.4 Å². The summed E-state index contributed by atoms with van der Waals surface area (Å²) in [7, 11) is 0. The van der Waals surface area contributed by atoms with Gasteiger partial charge in [-0.15, -0.1) is 0 Å². The summed E-state index contributed by atoms with van der Waals surface area (Å²) in [5, 5.41) is 13.0. The first kappa shape index (κ1) is 16.5. The van der Waals surface area contributed by atoms with Gasteiger partial charge in [0.2, 0.25) is 0 Å². The molecule has 0 radical (unpaired) electrons. The second kappa shape index (κ2) is 7.98. The average Bonchev–Trinajstić information content (AvgIpc) is 2.54. The number of amides is 1. The van der Waals surface area contributed by atoms with Gasteiger partial charge in [0.25, 0.3) is 5.56 Å². The number of hydrogen-bond donors (Lipinski definition) is 1. The molecule has 1 heterocycles. The number of carbonyl (C=O) groups is 1. The molecule has 1 aromatic heterocycles. The molecular formula is C16H19N3O4. The Kier molecular flexibility index (Phi) is 5.74. The second-order valence-corrected chi connectivity index (χ2v) is 4.88. The van der Waals surface area contributed by atoms with Crippen molar-refractivity contribution in [1.82, 2.24) is 14.7 Å². The van der Waals surface area contributed by atoms with Crippen molar-refractivity contribution in [1.29, 1.82) is 0 Å². The van der Waals surface area contributed by atoms with Gasteiger partial charge in [0, 0.05) is 12.6 Å². The van der Waals surface area contributed by atoms with Crippen LogP contribution < -0.4 is 10.3 Å². The van der Waals surface area contributed by atoms with Crippen LogP contribution in [0.25, 0.3) is 0 Å². The zero-order valence-electron chi connectivity index (χ0n) is 12.9. The Bertz CT molecular complexity index is 700. The summed E-state index contributed by atoms with van der Waals surface area (Å²) in [5.41, 5.74) is 0.716. The van der Waals surface area contributed by atoms with Gasteiger partial charge in [-0.1, -0.05) is 30.3 Å². The number of aromatic nitrogens is 2. The number of hydrogen-bond acceptors (Lipinski definition) is 4. The van der Waals surface area contributed by atoms with Crippen LogP contribution >= 0.6 is 0 Å². The molecule has 0 aliphatic carbocycles. The van der Waals surface area contributed by atoms with Crippen LogP contribution in [0, 0.1) is 0 Å². The number of nitrogens with zero attached hydrogens (tertiary/aromatic N) is 3. The Morgan fingerprint density at radius 3 is 2.70 bits per heavy atom. The average molecular weight is 317 g/mol. The molecule has 122 valence electrons. The van der Waals surface area contributed by atoms with E-state index in [0.717, 1.165) is 5.56 Å². The summed E-state index contributed by atoms with van der Waals surface area (Å²) in [6.07, 6.45) is 0.467. The number of rotatable bonds is 7. The quantitative estimate of drug-likeness (QED) is 0.839. The Morgan fingerprint density at radius 1 is 1.35 bits per heavy atom. The summed E-state index contributed by atoms with van der Waals surface area (Å²) < 4.78 is 6.74. The van der Waals surface area contributed by atoms with Crippen molar-refractivity contribution in [2.45, 2.75) is 13.5 Å². The molecule has 0 aliphatic heterocycles. The highest BCUT2D eigenvalue weighted by Gasteiger charge is 2.09. The molecule has 2 aromatic rings. The minimum atomic E-state index is -0.993. The van der Waals surface area contributed by atoms with Crippen LogP contribution in [0.3, 0.4) is 0 Å². The van der Waals surface area contributed by atoms with E-state index >= 15 is 0 Å². The number of carboxylic acid groups (broad SMARTS) is 1. The normalized spacial score (nSPS) is 10.3. The lowest BCUT2D eigenvalue weighted by molar-refractivity contribution is 0.138. The number of likely N-dealkylation sites (N-methyl/N-ethyl adjacent to an activating group) is 1. The second-order valence-electron chi connectivity index (χ2n) is 4.88. The van der Waals surface area contributed by atoms with Crippen molar-refractivity contribution in [3.8, 4) is 5.75 Å². The first-order valence-electron chi connectivity index (χ1n) is 7.32. The van der Waals surface area contributed by atoms with Crippen molar-refractivity contribution >= 4 is 6.09 Å². The fraction of sp³-hybridized carbons (Fsp3) is 0.312. The molecular weight excluding hydrogens is 298 g/mol. The third kappa shape index (κ3) is 4.84. The van der Waals surface area contributed by atoms with E-state index in [0.29, 0.717) is 18.8 Å². The van der Waals surface area contributed by atoms with E-state index in [1.807, 2.05) is 30.3 Å². The van der Waals surface area contributed by atoms with Gasteiger partial charge in [-0.2, -0.15) is 5.10 Å². The zero-order valence-corrected chi connectivity index (χ0v) is 12.9. The van der Waals surface area contributed by atoms with E-state index in [-0.39, 0.29) is 18.7 Å². The maximum absolute atomic E-state index is 12.0. The van der Waals surface area contributed by atoms with Crippen molar-refractivity contribution in [3.05, 3.63) is 58.5 Å². The van der Waals surface area contributed by atoms with Crippen LogP contribution in [0.4, 0.5) is 4.79 Å². The third-order valence-corrected chi connectivity index (χ3v) is 3.30. The van der Waals surface area contributed by atoms with E-state index in [1.165, 1.54) is 21.8 Å². The summed E-state index contributed by atoms with van der Waals surface area (Å²) in [4.78, 5) is 24.1. The zero-order chi connectivity index (χ0) is 16.7. The molecule has 0 aliphatic rings. The van der Waals surface area contributed by atoms with Gasteiger partial charge in [-0.3, -0.25) is 4.79 Å². The van der Waals surface area contributed by atoms with Crippen LogP contribution in [0.2, 0.25) is 0 Å². The van der Waals surface area contributed by atoms with E-state index in [1.54, 1.807) is 6.92 Å². The van der Waals surface area contributed by atoms with Crippen LogP contribution in [-0.2, 0) is 6.54 Å². The number of benzene rings is 1. The molecule has 1 N–H and O–H groups in total. The molecule has 0 spiro atoms. The van der Waals surface area contributed by atoms with Crippen LogP contribution in [-0.4, -0.2) is 45.6 Å². The summed E-state index contributed by atoms with van der Waals surface area (Å²) in [6.45, 7) is 2.93. The highest BCUT2D eigenvalue weighted by atomic mass is 16.5. The monoisotopic (exact) mass is 317 g/mol. The van der Waals surface area contributed by atoms with Gasteiger partial charge in [0.15, 0.2) is 0 Å². The predicted octanol–water partition coefficient (Wildman–Crippen LogP) is 1.67. The molecule has 1 aromatic carbocycles. The topological polar surface area (TPSA) is 84.7 Å². The Hall–Kier alpha value is -2.83. The van der Waals surface area contributed by atoms with Crippen molar-refractivity contribution in [3.63, 3.8) is 0 Å². The number of ether oxygens (including phenoxy) is 1. The predicted molar refractivity (Wildman–Crippen MR) is 84.8 cm³/mol. The van der Waals surface area contributed by atoms with E-state index in [4.69, 9.17) is 9.84 Å². The molecule has 7 heteroatoms. The fourth-order valence-electron chi connectivity index (χ4n) is 2.03. The molecule has 23 heavy (non-hydrogen) atoms. The minimum absolute atomic E-state index is 0.171. The van der Waals surface area contributed by atoms with Crippen LogP contribution in [0.5, 0.6) is 5.75 Å².